The number of hydrogen-bond acceptors (Lipinski definition) is 6. The number of allylic oxidation sites excluding steroid dienone is 1. The molecule has 0 radical (unpaired) electrons. The quantitative estimate of drug-likeness (QED) is 0.407. The van der Waals surface area contributed by atoms with Gasteiger partial charge in [-0.15, -0.1) is 0 Å². The van der Waals surface area contributed by atoms with Gasteiger partial charge in [-0.25, -0.2) is 9.69 Å². The molecule has 0 saturated heterocycles. The maximum absolute atomic E-state index is 14.7. The Labute approximate surface area is 222 Å². The van der Waals surface area contributed by atoms with Gasteiger partial charge in [0.25, 0.3) is 0 Å². The summed E-state index contributed by atoms with van der Waals surface area (Å²) in [4.78, 5) is 56.6. The first-order valence-corrected chi connectivity index (χ1v) is 13.1. The van der Waals surface area contributed by atoms with Crippen LogP contribution in [-0.2, 0) is 29.3 Å². The zero-order valence-corrected chi connectivity index (χ0v) is 22.7. The number of esters is 1. The summed E-state index contributed by atoms with van der Waals surface area (Å²) < 4.78 is 11.1. The molecule has 0 aromatic heterocycles. The lowest BCUT2D eigenvalue weighted by atomic mass is 9.60. The fourth-order valence-electron chi connectivity index (χ4n) is 6.70. The van der Waals surface area contributed by atoms with E-state index in [-0.39, 0.29) is 12.4 Å². The van der Waals surface area contributed by atoms with Crippen molar-refractivity contribution >= 4 is 35.5 Å². The summed E-state index contributed by atoms with van der Waals surface area (Å²) in [5.74, 6) is -3.60. The number of anilines is 1. The third kappa shape index (κ3) is 3.70. The highest BCUT2D eigenvalue weighted by Crippen LogP contribution is 2.66. The molecule has 3 aliphatic rings. The third-order valence-corrected chi connectivity index (χ3v) is 7.84. The molecule has 1 spiro atoms. The fourth-order valence-corrected chi connectivity index (χ4v) is 6.70. The van der Waals surface area contributed by atoms with Gasteiger partial charge in [0, 0.05) is 17.4 Å². The minimum absolute atomic E-state index is 0.118. The molecular weight excluding hydrogens is 482 g/mol. The number of ether oxygens (including phenoxy) is 2. The Morgan fingerprint density at radius 2 is 1.79 bits per heavy atom. The summed E-state index contributed by atoms with van der Waals surface area (Å²) in [6.07, 6.45) is 1.36. The summed E-state index contributed by atoms with van der Waals surface area (Å²) in [5.41, 5.74) is 1.69. The zero-order chi connectivity index (χ0) is 27.6. The molecule has 5 rings (SSSR count). The molecule has 7 nitrogen and oxygen atoms in total. The summed E-state index contributed by atoms with van der Waals surface area (Å²) in [5, 5.41) is 0. The van der Waals surface area contributed by atoms with E-state index in [1.165, 1.54) is 0 Å². The van der Waals surface area contributed by atoms with Gasteiger partial charge >= 0.3 is 12.1 Å². The fraction of sp³-hybridized carbons (Fsp3) is 0.419. The van der Waals surface area contributed by atoms with Gasteiger partial charge in [0.1, 0.15) is 5.60 Å². The molecule has 2 saturated carbocycles. The number of hydrogen-bond donors (Lipinski definition) is 0. The maximum Gasteiger partial charge on any atom is 0.421 e. The van der Waals surface area contributed by atoms with Crippen molar-refractivity contribution in [3.8, 4) is 0 Å². The molecule has 0 unspecified atom stereocenters. The van der Waals surface area contributed by atoms with Gasteiger partial charge in [-0.05, 0) is 70.7 Å². The molecule has 2 aliphatic carbocycles. The van der Waals surface area contributed by atoms with E-state index >= 15 is 0 Å². The van der Waals surface area contributed by atoms with Gasteiger partial charge in [-0.3, -0.25) is 14.4 Å². The number of benzene rings is 2. The number of carbonyl (C=O) groups excluding carboxylic acids is 4. The average molecular weight is 516 g/mol. The molecule has 7 heteroatoms. The van der Waals surface area contributed by atoms with Crippen LogP contribution < -0.4 is 4.90 Å². The van der Waals surface area contributed by atoms with E-state index in [1.807, 2.05) is 62.4 Å². The average Bonchev–Trinajstić information content (AvgIpc) is 3.42. The van der Waals surface area contributed by atoms with E-state index < -0.39 is 46.7 Å². The van der Waals surface area contributed by atoms with Crippen LogP contribution in [0.25, 0.3) is 6.08 Å². The van der Waals surface area contributed by atoms with Crippen LogP contribution >= 0.6 is 0 Å². The first kappa shape index (κ1) is 25.9. The van der Waals surface area contributed by atoms with Crippen LogP contribution in [0.4, 0.5) is 10.5 Å². The smallest absolute Gasteiger partial charge is 0.421 e. The second-order valence-electron chi connectivity index (χ2n) is 11.5. The lowest BCUT2D eigenvalue weighted by Gasteiger charge is -2.39. The number of carbonyl (C=O) groups is 4. The lowest BCUT2D eigenvalue weighted by Crippen LogP contribution is -2.55. The molecule has 198 valence electrons. The number of amides is 2. The number of aryl methyl sites for hydroxylation is 2. The van der Waals surface area contributed by atoms with Crippen molar-refractivity contribution < 1.29 is 28.7 Å². The minimum Gasteiger partial charge on any atom is -0.466 e. The predicted molar refractivity (Wildman–Crippen MR) is 142 cm³/mol. The van der Waals surface area contributed by atoms with Crippen LogP contribution in [0.5, 0.6) is 0 Å². The van der Waals surface area contributed by atoms with Gasteiger partial charge in [0.15, 0.2) is 5.78 Å². The topological polar surface area (TPSA) is 90.0 Å². The third-order valence-electron chi connectivity index (χ3n) is 7.84. The number of rotatable bonds is 3. The van der Waals surface area contributed by atoms with Crippen molar-refractivity contribution in [2.45, 2.75) is 59.0 Å². The van der Waals surface area contributed by atoms with E-state index in [4.69, 9.17) is 9.47 Å². The van der Waals surface area contributed by atoms with Crippen molar-refractivity contribution in [2.24, 2.45) is 17.8 Å². The van der Waals surface area contributed by atoms with Crippen molar-refractivity contribution in [3.63, 3.8) is 0 Å². The molecule has 2 aromatic carbocycles. The van der Waals surface area contributed by atoms with Crippen LogP contribution in [0.1, 0.15) is 56.4 Å². The molecular formula is C31H33NO6. The molecule has 1 aliphatic heterocycles. The van der Waals surface area contributed by atoms with Crippen LogP contribution in [0, 0.1) is 31.6 Å². The largest absolute Gasteiger partial charge is 0.466 e. The van der Waals surface area contributed by atoms with Gasteiger partial charge in [-0.2, -0.15) is 0 Å². The second kappa shape index (κ2) is 8.93. The Bertz CT molecular complexity index is 1390. The van der Waals surface area contributed by atoms with Crippen LogP contribution in [-0.4, -0.2) is 36.0 Å². The van der Waals surface area contributed by atoms with Crippen molar-refractivity contribution in [1.82, 2.24) is 0 Å². The van der Waals surface area contributed by atoms with E-state index in [2.05, 4.69) is 0 Å². The van der Waals surface area contributed by atoms with Crippen molar-refractivity contribution in [3.05, 3.63) is 70.3 Å². The number of nitrogens with zero attached hydrogens (tertiary/aromatic N) is 1. The molecule has 2 fully saturated rings. The van der Waals surface area contributed by atoms with E-state index in [9.17, 15) is 19.2 Å². The molecule has 2 bridgehead atoms. The second-order valence-corrected chi connectivity index (χ2v) is 11.5. The molecule has 2 amide bonds. The molecule has 0 N–H and O–H groups in total. The normalized spacial score (nSPS) is 26.8. The Morgan fingerprint density at radius 1 is 1.11 bits per heavy atom. The van der Waals surface area contributed by atoms with Crippen LogP contribution in [0.15, 0.2) is 48.0 Å². The molecule has 38 heavy (non-hydrogen) atoms. The monoisotopic (exact) mass is 515 g/mol. The molecule has 4 atom stereocenters. The number of Topliss-reactive ketones (excluding diaryl/α,β-unsaturated/α-hetero) is 1. The molecule has 2 aromatic rings. The summed E-state index contributed by atoms with van der Waals surface area (Å²) in [6, 6.07) is 13.2. The van der Waals surface area contributed by atoms with E-state index in [1.54, 1.807) is 27.7 Å². The Hall–Kier alpha value is -3.74. The minimum atomic E-state index is -1.45. The highest BCUT2D eigenvalue weighted by Gasteiger charge is 2.74. The number of imide groups is 1. The zero-order valence-electron chi connectivity index (χ0n) is 22.7. The summed E-state index contributed by atoms with van der Waals surface area (Å²) in [7, 11) is 0. The summed E-state index contributed by atoms with van der Waals surface area (Å²) >= 11 is 0. The van der Waals surface area contributed by atoms with Gasteiger partial charge < -0.3 is 9.47 Å². The highest BCUT2D eigenvalue weighted by molar-refractivity contribution is 6.25. The lowest BCUT2D eigenvalue weighted by molar-refractivity contribution is -0.156. The van der Waals surface area contributed by atoms with Crippen molar-refractivity contribution in [2.75, 3.05) is 11.5 Å². The first-order valence-electron chi connectivity index (χ1n) is 13.1. The Balaban J connectivity index is 1.77. The van der Waals surface area contributed by atoms with Crippen LogP contribution in [0.2, 0.25) is 0 Å². The van der Waals surface area contributed by atoms with E-state index in [0.29, 0.717) is 23.2 Å². The van der Waals surface area contributed by atoms with Gasteiger partial charge in [0.05, 0.1) is 23.6 Å². The SMILES string of the molecule is CCOC(=O)[C@H]1[C@H]2C[C@H](/C(=C\c3ccccc3)C2=O)[C@]12C(=O)N(C(=O)OC(C)(C)C)c1c(C)cc(C)cc12. The Morgan fingerprint density at radius 3 is 2.42 bits per heavy atom. The summed E-state index contributed by atoms with van der Waals surface area (Å²) in [6.45, 7) is 10.8. The standard InChI is InChI=1S/C31H33NO6/c1-7-37-27(34)24-21-16-22(20(26(21)33)15-19-11-9-8-10-12-19)31(24)23-14-17(2)13-18(3)25(23)32(28(31)35)29(36)38-30(4,5)6/h8-15,21-22,24H,7,16H2,1-6H3/b20-15+/t21-,22-,24-,31-/m1/s1. The maximum atomic E-state index is 14.7. The van der Waals surface area contributed by atoms with E-state index in [0.717, 1.165) is 21.6 Å². The highest BCUT2D eigenvalue weighted by atomic mass is 16.6. The first-order chi connectivity index (χ1) is 17.9. The number of ketones is 1. The Kier molecular flexibility index (Phi) is 6.08. The van der Waals surface area contributed by atoms with Crippen LogP contribution in [0.3, 0.4) is 0 Å². The number of fused-ring (bicyclic) bond motifs is 5. The van der Waals surface area contributed by atoms with Gasteiger partial charge in [0.2, 0.25) is 5.91 Å². The van der Waals surface area contributed by atoms with Gasteiger partial charge in [-0.1, -0.05) is 48.0 Å². The predicted octanol–water partition coefficient (Wildman–Crippen LogP) is 5.30. The molecule has 1 heterocycles. The van der Waals surface area contributed by atoms with Crippen molar-refractivity contribution in [1.29, 1.82) is 0 Å².